The number of ether oxygens (including phenoxy) is 1. The summed E-state index contributed by atoms with van der Waals surface area (Å²) in [5.41, 5.74) is 3.89. The second-order valence-electron chi connectivity index (χ2n) is 5.57. The summed E-state index contributed by atoms with van der Waals surface area (Å²) in [5, 5.41) is 8.80. The fourth-order valence-corrected chi connectivity index (χ4v) is 2.36. The lowest BCUT2D eigenvalue weighted by molar-refractivity contribution is -0.125. The van der Waals surface area contributed by atoms with E-state index in [9.17, 15) is 9.59 Å². The zero-order chi connectivity index (χ0) is 16.1. The van der Waals surface area contributed by atoms with Gasteiger partial charge in [-0.3, -0.25) is 9.59 Å². The van der Waals surface area contributed by atoms with Crippen molar-refractivity contribution in [2.45, 2.75) is 32.7 Å². The number of nitrogens with one attached hydrogen (secondary N) is 3. The van der Waals surface area contributed by atoms with Crippen LogP contribution in [0.25, 0.3) is 0 Å². The number of aryl methyl sites for hydroxylation is 2. The van der Waals surface area contributed by atoms with Crippen LogP contribution in [0, 0.1) is 13.8 Å². The fraction of sp³-hybridized carbons (Fsp3) is 0.500. The lowest BCUT2D eigenvalue weighted by atomic mass is 10.0. The van der Waals surface area contributed by atoms with E-state index in [1.54, 1.807) is 7.11 Å². The number of methoxy groups -OCH3 is 1. The number of benzene rings is 1. The Labute approximate surface area is 130 Å². The highest BCUT2D eigenvalue weighted by Gasteiger charge is 2.27. The van der Waals surface area contributed by atoms with E-state index in [4.69, 9.17) is 4.74 Å². The Morgan fingerprint density at radius 3 is 2.64 bits per heavy atom. The summed E-state index contributed by atoms with van der Waals surface area (Å²) in [6.45, 7) is 5.18. The monoisotopic (exact) mass is 305 g/mol. The van der Waals surface area contributed by atoms with E-state index in [0.717, 1.165) is 28.9 Å². The molecule has 2 amide bonds. The number of amides is 2. The van der Waals surface area contributed by atoms with Crippen molar-refractivity contribution in [3.05, 3.63) is 23.3 Å². The topological polar surface area (TPSA) is 79.5 Å². The Bertz CT molecular complexity index is 572. The van der Waals surface area contributed by atoms with Crippen LogP contribution in [-0.2, 0) is 14.3 Å². The lowest BCUT2D eigenvalue weighted by Gasteiger charge is -2.27. The van der Waals surface area contributed by atoms with Gasteiger partial charge in [0.25, 0.3) is 0 Å². The van der Waals surface area contributed by atoms with Crippen molar-refractivity contribution in [3.63, 3.8) is 0 Å². The third-order valence-corrected chi connectivity index (χ3v) is 3.77. The van der Waals surface area contributed by atoms with Crippen LogP contribution >= 0.6 is 0 Å². The molecule has 0 unspecified atom stereocenters. The summed E-state index contributed by atoms with van der Waals surface area (Å²) in [5.74, 6) is -0.321. The predicted molar refractivity (Wildman–Crippen MR) is 86.1 cm³/mol. The first kappa shape index (κ1) is 16.3. The third kappa shape index (κ3) is 3.98. The van der Waals surface area contributed by atoms with Gasteiger partial charge in [0.15, 0.2) is 0 Å². The number of hydrogen-bond acceptors (Lipinski definition) is 4. The second-order valence-corrected chi connectivity index (χ2v) is 5.57. The molecule has 3 N–H and O–H groups in total. The van der Waals surface area contributed by atoms with E-state index in [1.165, 1.54) is 0 Å². The largest absolute Gasteiger partial charge is 0.385 e. The molecule has 1 aromatic rings. The second kappa shape index (κ2) is 7.26. The quantitative estimate of drug-likeness (QED) is 0.697. The number of fused-ring (bicyclic) bond motifs is 1. The molecule has 120 valence electrons. The first-order valence-electron chi connectivity index (χ1n) is 7.45. The van der Waals surface area contributed by atoms with Crippen molar-refractivity contribution in [1.82, 2.24) is 5.32 Å². The molecule has 0 saturated heterocycles. The van der Waals surface area contributed by atoms with E-state index < -0.39 is 6.04 Å². The Hall–Kier alpha value is -2.08. The van der Waals surface area contributed by atoms with Crippen LogP contribution in [0.4, 0.5) is 11.4 Å². The molecule has 1 aliphatic heterocycles. The van der Waals surface area contributed by atoms with E-state index in [-0.39, 0.29) is 18.2 Å². The van der Waals surface area contributed by atoms with Gasteiger partial charge < -0.3 is 20.7 Å². The molecule has 1 aliphatic rings. The molecule has 0 saturated carbocycles. The molecular formula is C16H23N3O3. The minimum atomic E-state index is -0.544. The number of carbonyl (C=O) groups excluding carboxylic acids is 2. The molecule has 6 nitrogen and oxygen atoms in total. The van der Waals surface area contributed by atoms with Crippen LogP contribution in [-0.4, -0.2) is 38.1 Å². The van der Waals surface area contributed by atoms with E-state index in [2.05, 4.69) is 16.0 Å². The van der Waals surface area contributed by atoms with Gasteiger partial charge in [-0.2, -0.15) is 0 Å². The van der Waals surface area contributed by atoms with Crippen molar-refractivity contribution in [1.29, 1.82) is 0 Å². The van der Waals surface area contributed by atoms with Crippen LogP contribution in [0.15, 0.2) is 12.1 Å². The summed E-state index contributed by atoms with van der Waals surface area (Å²) >= 11 is 0. The molecule has 0 radical (unpaired) electrons. The van der Waals surface area contributed by atoms with Crippen LogP contribution in [0.3, 0.4) is 0 Å². The first-order chi connectivity index (χ1) is 10.5. The lowest BCUT2D eigenvalue weighted by Crippen LogP contribution is -2.42. The van der Waals surface area contributed by atoms with Gasteiger partial charge in [-0.25, -0.2) is 0 Å². The predicted octanol–water partition coefficient (Wildman–Crippen LogP) is 1.58. The van der Waals surface area contributed by atoms with E-state index in [1.807, 2.05) is 26.0 Å². The highest BCUT2D eigenvalue weighted by Crippen LogP contribution is 2.30. The highest BCUT2D eigenvalue weighted by molar-refractivity contribution is 6.05. The van der Waals surface area contributed by atoms with Gasteiger partial charge in [-0.1, -0.05) is 0 Å². The van der Waals surface area contributed by atoms with Crippen molar-refractivity contribution in [3.8, 4) is 0 Å². The zero-order valence-corrected chi connectivity index (χ0v) is 13.3. The maximum Gasteiger partial charge on any atom is 0.247 e. The fourth-order valence-electron chi connectivity index (χ4n) is 2.36. The summed E-state index contributed by atoms with van der Waals surface area (Å²) in [6.07, 6.45) is 0.874. The number of anilines is 2. The summed E-state index contributed by atoms with van der Waals surface area (Å²) < 4.78 is 4.92. The first-order valence-corrected chi connectivity index (χ1v) is 7.45. The smallest absolute Gasteiger partial charge is 0.247 e. The molecule has 0 spiro atoms. The van der Waals surface area contributed by atoms with Crippen molar-refractivity contribution in [2.75, 3.05) is 30.9 Å². The SMILES string of the molecule is COCCCNC(=O)C[C@H]1Nc2cc(C)c(C)cc2NC1=O. The van der Waals surface area contributed by atoms with Crippen LogP contribution in [0.1, 0.15) is 24.0 Å². The Kier molecular flexibility index (Phi) is 5.38. The van der Waals surface area contributed by atoms with Crippen LogP contribution in [0.5, 0.6) is 0 Å². The number of rotatable bonds is 6. The molecule has 0 bridgehead atoms. The van der Waals surface area contributed by atoms with Gasteiger partial charge in [0.05, 0.1) is 17.8 Å². The Morgan fingerprint density at radius 1 is 1.27 bits per heavy atom. The van der Waals surface area contributed by atoms with Gasteiger partial charge in [0.1, 0.15) is 6.04 Å². The van der Waals surface area contributed by atoms with Crippen LogP contribution < -0.4 is 16.0 Å². The normalized spacial score (nSPS) is 16.5. The van der Waals surface area contributed by atoms with E-state index in [0.29, 0.717) is 13.2 Å². The van der Waals surface area contributed by atoms with Gasteiger partial charge in [-0.05, 0) is 43.5 Å². The van der Waals surface area contributed by atoms with E-state index >= 15 is 0 Å². The maximum absolute atomic E-state index is 12.1. The highest BCUT2D eigenvalue weighted by atomic mass is 16.5. The molecule has 0 fully saturated rings. The standard InChI is InChI=1S/C16H23N3O3/c1-10-7-12-13(8-11(10)2)19-16(21)14(18-12)9-15(20)17-5-4-6-22-3/h7-8,14,18H,4-6,9H2,1-3H3,(H,17,20)(H,19,21)/t14-/m1/s1. The minimum absolute atomic E-state index is 0.116. The van der Waals surface area contributed by atoms with Crippen molar-refractivity contribution >= 4 is 23.2 Å². The molecule has 0 aromatic heterocycles. The average Bonchev–Trinajstić information content (AvgIpc) is 2.47. The average molecular weight is 305 g/mol. The molecule has 1 heterocycles. The minimum Gasteiger partial charge on any atom is -0.385 e. The van der Waals surface area contributed by atoms with Gasteiger partial charge in [0.2, 0.25) is 11.8 Å². The molecule has 1 aromatic carbocycles. The van der Waals surface area contributed by atoms with Gasteiger partial charge in [0, 0.05) is 20.3 Å². The molecule has 6 heteroatoms. The maximum atomic E-state index is 12.1. The summed E-state index contributed by atoms with van der Waals surface area (Å²) in [7, 11) is 1.62. The number of hydrogen-bond donors (Lipinski definition) is 3. The Morgan fingerprint density at radius 2 is 1.95 bits per heavy atom. The van der Waals surface area contributed by atoms with Crippen LogP contribution in [0.2, 0.25) is 0 Å². The zero-order valence-electron chi connectivity index (χ0n) is 13.3. The molecular weight excluding hydrogens is 282 g/mol. The van der Waals surface area contributed by atoms with Crippen molar-refractivity contribution < 1.29 is 14.3 Å². The molecule has 2 rings (SSSR count). The molecule has 22 heavy (non-hydrogen) atoms. The Balaban J connectivity index is 1.94. The molecule has 1 atom stereocenters. The third-order valence-electron chi connectivity index (χ3n) is 3.77. The van der Waals surface area contributed by atoms with Gasteiger partial charge in [-0.15, -0.1) is 0 Å². The summed E-state index contributed by atoms with van der Waals surface area (Å²) in [4.78, 5) is 24.0. The number of carbonyl (C=O) groups is 2. The van der Waals surface area contributed by atoms with Crippen molar-refractivity contribution in [2.24, 2.45) is 0 Å². The molecule has 0 aliphatic carbocycles. The van der Waals surface area contributed by atoms with Gasteiger partial charge >= 0.3 is 0 Å². The summed E-state index contributed by atoms with van der Waals surface area (Å²) in [6, 6.07) is 3.39.